The Morgan fingerprint density at radius 2 is 1.62 bits per heavy atom. The first-order valence-corrected chi connectivity index (χ1v) is 4.73. The Morgan fingerprint density at radius 1 is 1.15 bits per heavy atom. The predicted octanol–water partition coefficient (Wildman–Crippen LogP) is 0.0430. The molecule has 0 radical (unpaired) electrons. The van der Waals surface area contributed by atoms with E-state index in [2.05, 4.69) is 25.9 Å². The average Bonchev–Trinajstić information content (AvgIpc) is 2.04. The molecule has 0 saturated carbocycles. The molecule has 1 rings (SSSR count). The molecule has 0 aromatic carbocycles. The van der Waals surface area contributed by atoms with Crippen LogP contribution >= 0.6 is 11.6 Å². The van der Waals surface area contributed by atoms with Gasteiger partial charge in [-0.1, -0.05) is 11.6 Å². The number of nitrogens with one attached hydrogen (secondary N) is 3. The van der Waals surface area contributed by atoms with Crippen LogP contribution in [0.25, 0.3) is 0 Å². The van der Waals surface area contributed by atoms with Crippen molar-refractivity contribution in [3.63, 3.8) is 0 Å². The molecular weight excluding hydrogens is 190 g/mol. The van der Waals surface area contributed by atoms with Gasteiger partial charge in [0.15, 0.2) is 5.62 Å². The fraction of sp³-hybridized carbons (Fsp3) is 0.714. The highest BCUT2D eigenvalue weighted by atomic mass is 35.5. The number of rotatable bonds is 2. The van der Waals surface area contributed by atoms with Gasteiger partial charge < -0.3 is 10.6 Å². The molecule has 1 aliphatic heterocycles. The molecule has 1 aliphatic rings. The standard InChI is InChI=1S/C7H14ClN5/c1-3-9-6-11-5(8)12-7(13-6)10-4-2/h5H,3-4H2,1-2H3,(H3,9,10,11,12,13). The van der Waals surface area contributed by atoms with Gasteiger partial charge in [0.25, 0.3) is 0 Å². The summed E-state index contributed by atoms with van der Waals surface area (Å²) in [7, 11) is 0. The minimum absolute atomic E-state index is 0.350. The predicted molar refractivity (Wildman–Crippen MR) is 55.0 cm³/mol. The van der Waals surface area contributed by atoms with Gasteiger partial charge in [0.1, 0.15) is 0 Å². The Morgan fingerprint density at radius 3 is 2.00 bits per heavy atom. The second-order valence-corrected chi connectivity index (χ2v) is 2.86. The first-order valence-electron chi connectivity index (χ1n) is 4.29. The molecule has 74 valence electrons. The van der Waals surface area contributed by atoms with Crippen LogP contribution in [0.3, 0.4) is 0 Å². The molecule has 0 aromatic rings. The Labute approximate surface area is 82.7 Å². The maximum atomic E-state index is 5.85. The van der Waals surface area contributed by atoms with Crippen LogP contribution < -0.4 is 16.0 Å². The summed E-state index contributed by atoms with van der Waals surface area (Å²) in [5.74, 6) is 1.32. The zero-order chi connectivity index (χ0) is 9.68. The summed E-state index contributed by atoms with van der Waals surface area (Å²) < 4.78 is 0. The molecule has 0 bridgehead atoms. The highest BCUT2D eigenvalue weighted by molar-refractivity contribution is 6.23. The van der Waals surface area contributed by atoms with E-state index in [1.165, 1.54) is 0 Å². The van der Waals surface area contributed by atoms with Gasteiger partial charge in [-0.2, -0.15) is 0 Å². The summed E-state index contributed by atoms with van der Waals surface area (Å²) in [4.78, 5) is 8.31. The summed E-state index contributed by atoms with van der Waals surface area (Å²) in [5, 5.41) is 8.82. The van der Waals surface area contributed by atoms with Crippen molar-refractivity contribution in [2.24, 2.45) is 9.98 Å². The molecule has 0 aromatic heterocycles. The molecule has 1 saturated heterocycles. The largest absolute Gasteiger partial charge is 0.323 e. The fourth-order valence-electron chi connectivity index (χ4n) is 0.947. The Hall–Kier alpha value is -0.970. The lowest BCUT2D eigenvalue weighted by Crippen LogP contribution is -2.61. The topological polar surface area (TPSA) is 60.8 Å². The summed E-state index contributed by atoms with van der Waals surface area (Å²) in [6.07, 6.45) is 0. The third-order valence-corrected chi connectivity index (χ3v) is 1.61. The van der Waals surface area contributed by atoms with Gasteiger partial charge in [-0.3, -0.25) is 15.3 Å². The van der Waals surface area contributed by atoms with Crippen LogP contribution in [-0.4, -0.2) is 30.6 Å². The van der Waals surface area contributed by atoms with Crippen molar-refractivity contribution in [2.75, 3.05) is 13.1 Å². The van der Waals surface area contributed by atoms with Gasteiger partial charge in [-0.25, -0.2) is 0 Å². The fourth-order valence-corrected chi connectivity index (χ4v) is 1.15. The number of hydrogen-bond acceptors (Lipinski definition) is 2. The molecule has 13 heavy (non-hydrogen) atoms. The van der Waals surface area contributed by atoms with Gasteiger partial charge in [-0.15, -0.1) is 0 Å². The van der Waals surface area contributed by atoms with Crippen molar-refractivity contribution in [1.82, 2.24) is 16.0 Å². The van der Waals surface area contributed by atoms with Gasteiger partial charge in [-0.05, 0) is 13.8 Å². The first-order chi connectivity index (χ1) is 6.26. The van der Waals surface area contributed by atoms with Crippen LogP contribution in [0, 0.1) is 0 Å². The lowest BCUT2D eigenvalue weighted by Gasteiger charge is -2.25. The maximum Gasteiger partial charge on any atom is 0.200 e. The van der Waals surface area contributed by atoms with E-state index in [0.717, 1.165) is 0 Å². The van der Waals surface area contributed by atoms with Crippen molar-refractivity contribution < 1.29 is 0 Å². The van der Waals surface area contributed by atoms with E-state index >= 15 is 0 Å². The molecule has 0 atom stereocenters. The molecule has 0 spiro atoms. The van der Waals surface area contributed by atoms with Crippen molar-refractivity contribution in [1.29, 1.82) is 0 Å². The average molecular weight is 204 g/mol. The third-order valence-electron chi connectivity index (χ3n) is 1.40. The van der Waals surface area contributed by atoms with E-state index in [-0.39, 0.29) is 5.62 Å². The van der Waals surface area contributed by atoms with E-state index in [1.54, 1.807) is 0 Å². The molecular formula is C7H14ClN5. The summed E-state index contributed by atoms with van der Waals surface area (Å²) in [6.45, 7) is 5.33. The second kappa shape index (κ2) is 4.91. The lowest BCUT2D eigenvalue weighted by atomic mass is 10.6. The Kier molecular flexibility index (Phi) is 3.82. The van der Waals surface area contributed by atoms with Crippen molar-refractivity contribution >= 4 is 23.5 Å². The van der Waals surface area contributed by atoms with Gasteiger partial charge in [0.05, 0.1) is 0 Å². The minimum Gasteiger partial charge on any atom is -0.323 e. The molecule has 6 heteroatoms. The molecule has 3 N–H and O–H groups in total. The summed E-state index contributed by atoms with van der Waals surface area (Å²) in [5.41, 5.74) is -0.350. The van der Waals surface area contributed by atoms with Crippen molar-refractivity contribution in [3.8, 4) is 0 Å². The first kappa shape index (κ1) is 10.1. The highest BCUT2D eigenvalue weighted by Gasteiger charge is 2.16. The zero-order valence-corrected chi connectivity index (χ0v) is 8.52. The number of hydrogen-bond donors (Lipinski definition) is 3. The zero-order valence-electron chi connectivity index (χ0n) is 7.76. The Balaban J connectivity index is 2.63. The number of halogens is 1. The number of alkyl halides is 1. The summed E-state index contributed by atoms with van der Waals surface area (Å²) in [6, 6.07) is 0. The quantitative estimate of drug-likeness (QED) is 0.439. The van der Waals surface area contributed by atoms with Crippen LogP contribution in [0.5, 0.6) is 0 Å². The van der Waals surface area contributed by atoms with Crippen molar-refractivity contribution in [2.45, 2.75) is 19.5 Å². The van der Waals surface area contributed by atoms with Gasteiger partial charge >= 0.3 is 0 Å². The molecule has 1 fully saturated rings. The van der Waals surface area contributed by atoms with Crippen LogP contribution in [0.15, 0.2) is 9.98 Å². The van der Waals surface area contributed by atoms with Crippen molar-refractivity contribution in [3.05, 3.63) is 0 Å². The number of aliphatic imine (C=N–C) groups is 2. The normalized spacial score (nSPS) is 28.1. The SMILES string of the molecule is CCN=C1NC(=NCC)NC(Cl)N1. The number of nitrogens with zero attached hydrogens (tertiary/aromatic N) is 2. The van der Waals surface area contributed by atoms with Gasteiger partial charge in [0, 0.05) is 13.1 Å². The van der Waals surface area contributed by atoms with E-state index in [4.69, 9.17) is 11.6 Å². The smallest absolute Gasteiger partial charge is 0.200 e. The maximum absolute atomic E-state index is 5.85. The van der Waals surface area contributed by atoms with E-state index < -0.39 is 0 Å². The monoisotopic (exact) mass is 203 g/mol. The van der Waals surface area contributed by atoms with Crippen LogP contribution in [0.2, 0.25) is 0 Å². The highest BCUT2D eigenvalue weighted by Crippen LogP contribution is 1.91. The van der Waals surface area contributed by atoms with E-state index in [0.29, 0.717) is 25.0 Å². The van der Waals surface area contributed by atoms with E-state index in [9.17, 15) is 0 Å². The molecule has 5 nitrogen and oxygen atoms in total. The van der Waals surface area contributed by atoms with Crippen LogP contribution in [0.1, 0.15) is 13.8 Å². The Bertz CT molecular complexity index is 203. The second-order valence-electron chi connectivity index (χ2n) is 2.42. The van der Waals surface area contributed by atoms with E-state index in [1.807, 2.05) is 13.8 Å². The number of guanidine groups is 2. The lowest BCUT2D eigenvalue weighted by molar-refractivity contribution is 0.692. The third kappa shape index (κ3) is 3.10. The molecule has 0 amide bonds. The molecule has 0 aliphatic carbocycles. The molecule has 1 heterocycles. The summed E-state index contributed by atoms with van der Waals surface area (Å²) >= 11 is 5.85. The minimum atomic E-state index is -0.350. The van der Waals surface area contributed by atoms with Crippen LogP contribution in [-0.2, 0) is 0 Å². The van der Waals surface area contributed by atoms with Crippen LogP contribution in [0.4, 0.5) is 0 Å². The molecule has 0 unspecified atom stereocenters. The van der Waals surface area contributed by atoms with Gasteiger partial charge in [0.2, 0.25) is 11.9 Å².